The Morgan fingerprint density at radius 2 is 0.615 bits per heavy atom. The number of hydrogen-bond donors (Lipinski definition) is 22. The predicted octanol–water partition coefficient (Wildman–Crippen LogP) is -1.27. The number of benzene rings is 1. The summed E-state index contributed by atoms with van der Waals surface area (Å²) in [7, 11) is 0. The number of aliphatic carboxylic acids is 1. The molecule has 1 aromatic carbocycles. The number of carboxylic acid groups (broad SMARTS) is 1. The van der Waals surface area contributed by atoms with E-state index in [-0.39, 0.29) is 108 Å². The summed E-state index contributed by atoms with van der Waals surface area (Å²) in [6, 6.07) is -12.3. The highest BCUT2D eigenvalue weighted by Gasteiger charge is 2.40. The maximum absolute atomic E-state index is 14.8. The molecule has 0 saturated heterocycles. The van der Waals surface area contributed by atoms with Crippen LogP contribution in [0.5, 0.6) is 0 Å². The number of aliphatic hydroxyl groups excluding tert-OH is 1. The van der Waals surface area contributed by atoms with Crippen molar-refractivity contribution >= 4 is 99.6 Å². The van der Waals surface area contributed by atoms with Crippen molar-refractivity contribution in [2.24, 2.45) is 58.3 Å². The molecule has 37 nitrogen and oxygen atoms in total. The van der Waals surface area contributed by atoms with Crippen LogP contribution in [0.4, 0.5) is 0 Å². The average molecular weight is 1650 g/mol. The second-order valence-electron chi connectivity index (χ2n) is 32.5. The van der Waals surface area contributed by atoms with Gasteiger partial charge in [0.2, 0.25) is 82.7 Å². The van der Waals surface area contributed by atoms with Crippen molar-refractivity contribution in [3.63, 3.8) is 0 Å². The van der Waals surface area contributed by atoms with Gasteiger partial charge in [-0.2, -0.15) is 0 Å². The van der Waals surface area contributed by atoms with Crippen molar-refractivity contribution in [2.45, 2.75) is 310 Å². The van der Waals surface area contributed by atoms with Crippen LogP contribution < -0.4 is 103 Å². The van der Waals surface area contributed by atoms with Crippen molar-refractivity contribution in [2.75, 3.05) is 26.2 Å². The van der Waals surface area contributed by atoms with Crippen LogP contribution in [0.15, 0.2) is 30.5 Å². The number of aromatic nitrogens is 1. The first-order chi connectivity index (χ1) is 55.0. The summed E-state index contributed by atoms with van der Waals surface area (Å²) in [4.78, 5) is 213. The molecule has 117 heavy (non-hydrogen) atoms. The lowest BCUT2D eigenvalue weighted by atomic mass is 9.98. The first-order valence-electron chi connectivity index (χ1n) is 41.3. The highest BCUT2D eigenvalue weighted by molar-refractivity contribution is 6.01. The van der Waals surface area contributed by atoms with Crippen molar-refractivity contribution in [3.8, 4) is 0 Å². The zero-order valence-corrected chi connectivity index (χ0v) is 71.3. The molecule has 14 amide bonds. The van der Waals surface area contributed by atoms with Crippen molar-refractivity contribution in [1.29, 1.82) is 0 Å². The van der Waals surface area contributed by atoms with E-state index in [1.54, 1.807) is 61.6 Å². The molecule has 0 bridgehead atoms. The number of carboxylic acids is 1. The largest absolute Gasteiger partial charge is 0.480 e. The fourth-order valence-corrected chi connectivity index (χ4v) is 12.7. The first kappa shape index (κ1) is 104. The molecule has 0 aliphatic carbocycles. The molecule has 0 unspecified atom stereocenters. The molecule has 2 rings (SSSR count). The molecule has 37 heteroatoms. The Balaban J connectivity index is 2.52. The SMILES string of the molecule is CC(C)C[C@H](NC(=O)[C@H](C)N)C(=O)N[C@@H](Cc1c[nH]c2ccccc12)C(=O)N[C@@H](CCCCN)C(=O)N[C@H](C(=O)N[C@@H](CC(C)C)C(=O)N[C@@H](CC(C)C)C(=O)N[C@@H](CCCCN)C(=O)N[C@@H](CCCCN)C(=O)N[C@H](C(=O)N[C@@H](CC(C)C)C(=O)N[C@@H](CCCCN)C(=O)N[C@@H](C)C(=O)N[C@@H](C)C(=O)N[C@@H](C)C(=O)O)C(C)C)[C@@H](C)O. The molecule has 0 aliphatic rings. The molecule has 2 aromatic rings. The number of nitrogens with two attached hydrogens (primary N) is 5. The summed E-state index contributed by atoms with van der Waals surface area (Å²) in [6.07, 6.45) is 3.22. The van der Waals surface area contributed by atoms with E-state index in [0.717, 1.165) is 10.9 Å². The topological polar surface area (TPSA) is 611 Å². The molecule has 0 aliphatic heterocycles. The Hall–Kier alpha value is -9.43. The monoisotopic (exact) mass is 1650 g/mol. The average Bonchev–Trinajstić information content (AvgIpc) is 1.70. The van der Waals surface area contributed by atoms with E-state index in [0.29, 0.717) is 56.9 Å². The number of carbonyl (C=O) groups excluding carboxylic acids is 14. The van der Waals surface area contributed by atoms with Crippen molar-refractivity contribution < 1.29 is 82.1 Å². The van der Waals surface area contributed by atoms with Gasteiger partial charge in [0.05, 0.1) is 12.1 Å². The van der Waals surface area contributed by atoms with Gasteiger partial charge >= 0.3 is 5.97 Å². The summed E-state index contributed by atoms with van der Waals surface area (Å²) in [5.74, 6) is -14.0. The van der Waals surface area contributed by atoms with Gasteiger partial charge in [0.25, 0.3) is 0 Å². The van der Waals surface area contributed by atoms with E-state index in [4.69, 9.17) is 28.7 Å². The fraction of sp³-hybridized carbons (Fsp3) is 0.713. The van der Waals surface area contributed by atoms with E-state index < -0.39 is 191 Å². The lowest BCUT2D eigenvalue weighted by Crippen LogP contribution is -2.62. The van der Waals surface area contributed by atoms with E-state index in [2.05, 4.69) is 79.4 Å². The molecule has 1 aromatic heterocycles. The lowest BCUT2D eigenvalue weighted by Gasteiger charge is -2.30. The molecular formula is C80H140N20O17. The van der Waals surface area contributed by atoms with Crippen LogP contribution in [0.25, 0.3) is 10.9 Å². The third-order valence-corrected chi connectivity index (χ3v) is 19.4. The molecule has 27 N–H and O–H groups in total. The molecule has 0 saturated carbocycles. The predicted molar refractivity (Wildman–Crippen MR) is 443 cm³/mol. The molecule has 0 spiro atoms. The van der Waals surface area contributed by atoms with Crippen LogP contribution in [-0.4, -0.2) is 227 Å². The minimum absolute atomic E-state index is 0.00211. The summed E-state index contributed by atoms with van der Waals surface area (Å²) in [6.45, 7) is 25.2. The third-order valence-electron chi connectivity index (χ3n) is 19.4. The van der Waals surface area contributed by atoms with Gasteiger partial charge in [0.15, 0.2) is 0 Å². The smallest absolute Gasteiger partial charge is 0.325 e. The highest BCUT2D eigenvalue weighted by atomic mass is 16.4. The first-order valence-corrected chi connectivity index (χ1v) is 41.3. The Labute approximate surface area is 688 Å². The van der Waals surface area contributed by atoms with Crippen LogP contribution in [0.2, 0.25) is 0 Å². The maximum Gasteiger partial charge on any atom is 0.325 e. The molecule has 16 atom stereocenters. The highest BCUT2D eigenvalue weighted by Crippen LogP contribution is 2.21. The number of para-hydroxylation sites is 1. The van der Waals surface area contributed by atoms with Gasteiger partial charge in [-0.3, -0.25) is 71.9 Å². The standard InChI is InChI=1S/C80H140N20O17/c1-42(2)36-59(94-66(102)47(11)85)75(111)96-63(40-52-41-86-54-27-17-16-26-53(52)54)77(113)93-58(31-21-25-35-84)72(108)100-65(51(15)101)79(115)98-62(39-45(7)8)76(112)95-60(37-43(3)4)73(109)92-56(29-19-23-33-82)70(106)90-57(30-20-24-34-83)71(107)99-64(46(9)10)78(114)97-61(38-44(5)6)74(110)91-55(28-18-22-32-81)69(105)88-49(13)67(103)87-48(12)68(104)89-50(14)80(116)117/h16-17,26-27,41-51,55-65,86,101H,18-25,28-40,81-85H2,1-15H3,(H,87,103)(H,88,105)(H,89,104)(H,90,106)(H,91,110)(H,92,109)(H,93,113)(H,94,102)(H,95,112)(H,96,111)(H,97,114)(H,98,115)(H,99,107)(H,100,108)(H,116,117)/t47-,48-,49-,50-,51+,55-,56-,57-,58-,59-,60-,61-,62-,63-,64-,65-/m0/s1. The minimum atomic E-state index is -1.75. The Morgan fingerprint density at radius 3 is 0.957 bits per heavy atom. The normalized spacial score (nSPS) is 15.6. The summed E-state index contributed by atoms with van der Waals surface area (Å²) in [5.41, 5.74) is 30.7. The number of aromatic amines is 1. The number of unbranched alkanes of at least 4 members (excludes halogenated alkanes) is 4. The van der Waals surface area contributed by atoms with E-state index in [1.165, 1.54) is 34.6 Å². The van der Waals surface area contributed by atoms with E-state index in [9.17, 15) is 82.1 Å². The van der Waals surface area contributed by atoms with Gasteiger partial charge in [0, 0.05) is 23.5 Å². The van der Waals surface area contributed by atoms with Gasteiger partial charge in [-0.15, -0.1) is 0 Å². The number of rotatable bonds is 57. The quantitative estimate of drug-likeness (QED) is 0.0343. The zero-order valence-electron chi connectivity index (χ0n) is 71.3. The van der Waals surface area contributed by atoms with Gasteiger partial charge in [-0.05, 0) is 205 Å². The number of amides is 14. The Morgan fingerprint density at radius 1 is 0.333 bits per heavy atom. The van der Waals surface area contributed by atoms with Gasteiger partial charge in [-0.1, -0.05) is 87.4 Å². The molecule has 662 valence electrons. The lowest BCUT2D eigenvalue weighted by molar-refractivity contribution is -0.141. The van der Waals surface area contributed by atoms with Crippen LogP contribution in [0.3, 0.4) is 0 Å². The number of nitrogens with one attached hydrogen (secondary N) is 15. The van der Waals surface area contributed by atoms with Crippen molar-refractivity contribution in [1.82, 2.24) is 79.4 Å². The minimum Gasteiger partial charge on any atom is -0.480 e. The number of carbonyl (C=O) groups is 15. The number of hydrogen-bond acceptors (Lipinski definition) is 21. The summed E-state index contributed by atoms with van der Waals surface area (Å²) >= 11 is 0. The van der Waals surface area contributed by atoms with E-state index >= 15 is 0 Å². The second-order valence-corrected chi connectivity index (χ2v) is 32.5. The molecule has 0 radical (unpaired) electrons. The van der Waals surface area contributed by atoms with Crippen molar-refractivity contribution in [3.05, 3.63) is 36.0 Å². The zero-order chi connectivity index (χ0) is 88.5. The Kier molecular flexibility index (Phi) is 47.7. The summed E-state index contributed by atoms with van der Waals surface area (Å²) < 4.78 is 0. The van der Waals surface area contributed by atoms with Crippen LogP contribution in [0.1, 0.15) is 212 Å². The molecular weight excluding hydrogens is 1510 g/mol. The fourth-order valence-electron chi connectivity index (χ4n) is 12.7. The van der Waals surface area contributed by atoms with Gasteiger partial charge in [-0.25, -0.2) is 0 Å². The Bertz CT molecular complexity index is 3540. The maximum atomic E-state index is 14.8. The molecule has 0 fully saturated rings. The number of fused-ring (bicyclic) bond motifs is 1. The van der Waals surface area contributed by atoms with Crippen LogP contribution in [0, 0.1) is 29.6 Å². The number of aliphatic hydroxyl groups is 1. The van der Waals surface area contributed by atoms with E-state index in [1.807, 2.05) is 38.1 Å². The number of H-pyrrole nitrogens is 1. The third kappa shape index (κ3) is 38.2. The second kappa shape index (κ2) is 53.8. The van der Waals surface area contributed by atoms with Gasteiger partial charge < -0.3 is 118 Å². The van der Waals surface area contributed by atoms with Crippen LogP contribution >= 0.6 is 0 Å². The van der Waals surface area contributed by atoms with Gasteiger partial charge in [0.1, 0.15) is 84.6 Å². The van der Waals surface area contributed by atoms with Crippen LogP contribution in [-0.2, 0) is 78.3 Å². The molecule has 1 heterocycles. The summed E-state index contributed by atoms with van der Waals surface area (Å²) in [5, 5.41) is 58.4.